The number of benzene rings is 1. The lowest BCUT2D eigenvalue weighted by Gasteiger charge is -2.45. The molecule has 146 valence electrons. The van der Waals surface area contributed by atoms with Gasteiger partial charge in [-0.3, -0.25) is 4.90 Å². The Morgan fingerprint density at radius 3 is 2.26 bits per heavy atom. The first-order valence-corrected chi connectivity index (χ1v) is 10.5. The van der Waals surface area contributed by atoms with Crippen LogP contribution in [-0.4, -0.2) is 30.7 Å². The Morgan fingerprint density at radius 2 is 1.59 bits per heavy atom. The van der Waals surface area contributed by atoms with Crippen LogP contribution in [0, 0.1) is 0 Å². The third-order valence-electron chi connectivity index (χ3n) is 5.99. The number of nitrogens with two attached hydrogens (primary N) is 2. The number of guanidine groups is 2. The van der Waals surface area contributed by atoms with Crippen LogP contribution in [0.5, 0.6) is 0 Å². The van der Waals surface area contributed by atoms with Crippen LogP contribution < -0.4 is 21.3 Å². The molecule has 0 unspecified atom stereocenters. The number of hydrogen-bond acceptors (Lipinski definition) is 6. The molecule has 1 saturated carbocycles. The molecule has 0 radical (unpaired) electrons. The van der Waals surface area contributed by atoms with E-state index in [-0.39, 0.29) is 5.96 Å². The zero-order valence-electron chi connectivity index (χ0n) is 15.8. The molecule has 6 nitrogen and oxygen atoms in total. The summed E-state index contributed by atoms with van der Waals surface area (Å²) in [5, 5.41) is 0.760. The molecular weight excluding hydrogens is 360 g/mol. The largest absolute Gasteiger partial charge is 0.370 e. The van der Waals surface area contributed by atoms with Crippen molar-refractivity contribution in [1.29, 1.82) is 0 Å². The zero-order valence-corrected chi connectivity index (χ0v) is 16.6. The second-order valence-corrected chi connectivity index (χ2v) is 8.26. The topological polar surface area (TPSA) is 83.2 Å². The van der Waals surface area contributed by atoms with E-state index in [0.717, 1.165) is 55.2 Å². The summed E-state index contributed by atoms with van der Waals surface area (Å²) in [5.41, 5.74) is 13.9. The van der Waals surface area contributed by atoms with E-state index in [9.17, 15) is 0 Å². The van der Waals surface area contributed by atoms with Crippen LogP contribution >= 0.6 is 11.6 Å². The zero-order chi connectivity index (χ0) is 18.9. The second-order valence-electron chi connectivity index (χ2n) is 7.86. The maximum atomic E-state index is 6.73. The fourth-order valence-corrected chi connectivity index (χ4v) is 4.99. The maximum Gasteiger partial charge on any atom is 0.220 e. The van der Waals surface area contributed by atoms with Gasteiger partial charge in [-0.2, -0.15) is 4.99 Å². The highest BCUT2D eigenvalue weighted by Gasteiger charge is 2.42. The monoisotopic (exact) mass is 388 g/mol. The van der Waals surface area contributed by atoms with Gasteiger partial charge in [-0.15, -0.1) is 0 Å². The van der Waals surface area contributed by atoms with Crippen LogP contribution in [0.2, 0.25) is 5.02 Å². The van der Waals surface area contributed by atoms with E-state index in [4.69, 9.17) is 28.1 Å². The Labute approximate surface area is 166 Å². The van der Waals surface area contributed by atoms with Crippen molar-refractivity contribution in [3.05, 3.63) is 23.2 Å². The average Bonchev–Trinajstić information content (AvgIpc) is 2.91. The lowest BCUT2D eigenvalue weighted by molar-refractivity contribution is 0.305. The van der Waals surface area contributed by atoms with Crippen molar-refractivity contribution in [1.82, 2.24) is 0 Å². The fourth-order valence-electron chi connectivity index (χ4n) is 4.70. The Bertz CT molecular complexity index is 745. The summed E-state index contributed by atoms with van der Waals surface area (Å²) in [6, 6.07) is 6.23. The molecular formula is C20H29ClN6. The molecule has 0 atom stereocenters. The van der Waals surface area contributed by atoms with Gasteiger partial charge in [0.15, 0.2) is 0 Å². The molecule has 0 bridgehead atoms. The number of anilines is 2. The predicted molar refractivity (Wildman–Crippen MR) is 114 cm³/mol. The number of nitrogens with zero attached hydrogens (tertiary/aromatic N) is 4. The minimum absolute atomic E-state index is 0.276. The van der Waals surface area contributed by atoms with Crippen molar-refractivity contribution in [3.63, 3.8) is 0 Å². The number of halogens is 1. The number of rotatable bonds is 2. The molecule has 1 aromatic rings. The van der Waals surface area contributed by atoms with Crippen LogP contribution in [0.15, 0.2) is 28.2 Å². The molecule has 0 amide bonds. The molecule has 27 heavy (non-hydrogen) atoms. The van der Waals surface area contributed by atoms with Gasteiger partial charge in [-0.1, -0.05) is 30.9 Å². The van der Waals surface area contributed by atoms with E-state index in [1.165, 1.54) is 32.1 Å². The third-order valence-corrected chi connectivity index (χ3v) is 6.29. The highest BCUT2D eigenvalue weighted by molar-refractivity contribution is 6.33. The van der Waals surface area contributed by atoms with E-state index in [1.54, 1.807) is 0 Å². The second kappa shape index (κ2) is 7.58. The third kappa shape index (κ3) is 3.59. The molecule has 1 saturated heterocycles. The first-order chi connectivity index (χ1) is 13.1. The van der Waals surface area contributed by atoms with E-state index in [2.05, 4.69) is 22.0 Å². The lowest BCUT2D eigenvalue weighted by atomic mass is 9.87. The summed E-state index contributed by atoms with van der Waals surface area (Å²) >= 11 is 6.73. The summed E-state index contributed by atoms with van der Waals surface area (Å²) in [7, 11) is 0. The predicted octanol–water partition coefficient (Wildman–Crippen LogP) is 3.83. The first kappa shape index (κ1) is 18.4. The standard InChI is InChI=1S/C20H29ClN6/c21-16-14-15(8-9-17(16)26-12-6-1-2-7-13-26)27-19(23)24-18(22)25-20(27)10-4-3-5-11-20/h8-9,14H,1-7,10-13H2,(H4,22,23,24,25). The first-order valence-electron chi connectivity index (χ1n) is 10.1. The van der Waals surface area contributed by atoms with Crippen molar-refractivity contribution in [2.75, 3.05) is 22.9 Å². The Balaban J connectivity index is 1.67. The number of aliphatic imine (C=N–C) groups is 2. The molecule has 1 aromatic carbocycles. The average molecular weight is 389 g/mol. The molecule has 1 spiro atoms. The highest BCUT2D eigenvalue weighted by Crippen LogP contribution is 2.41. The van der Waals surface area contributed by atoms with Crippen LogP contribution in [0.4, 0.5) is 11.4 Å². The van der Waals surface area contributed by atoms with Crippen LogP contribution in [0.1, 0.15) is 57.8 Å². The normalized spacial score (nSPS) is 23.0. The quantitative estimate of drug-likeness (QED) is 0.806. The van der Waals surface area contributed by atoms with Crippen molar-refractivity contribution < 1.29 is 0 Å². The molecule has 7 heteroatoms. The van der Waals surface area contributed by atoms with Crippen molar-refractivity contribution in [2.24, 2.45) is 21.5 Å². The minimum atomic E-state index is -0.429. The Morgan fingerprint density at radius 1 is 0.926 bits per heavy atom. The van der Waals surface area contributed by atoms with Crippen LogP contribution in [-0.2, 0) is 0 Å². The highest BCUT2D eigenvalue weighted by atomic mass is 35.5. The molecule has 4 rings (SSSR count). The lowest BCUT2D eigenvalue weighted by Crippen LogP contribution is -2.58. The summed E-state index contributed by atoms with van der Waals surface area (Å²) in [5.74, 6) is 0.681. The van der Waals surface area contributed by atoms with E-state index in [0.29, 0.717) is 5.96 Å². The summed E-state index contributed by atoms with van der Waals surface area (Å²) in [6.07, 6.45) is 10.3. The van der Waals surface area contributed by atoms with Gasteiger partial charge in [0.05, 0.1) is 10.7 Å². The fraction of sp³-hybridized carbons (Fsp3) is 0.600. The maximum absolute atomic E-state index is 6.73. The molecule has 4 N–H and O–H groups in total. The van der Waals surface area contributed by atoms with E-state index >= 15 is 0 Å². The summed E-state index contributed by atoms with van der Waals surface area (Å²) in [6.45, 7) is 2.13. The molecule has 2 aliphatic heterocycles. The molecule has 2 heterocycles. The smallest absolute Gasteiger partial charge is 0.220 e. The Kier molecular flexibility index (Phi) is 5.17. The number of hydrogen-bond donors (Lipinski definition) is 2. The van der Waals surface area contributed by atoms with Gasteiger partial charge < -0.3 is 16.4 Å². The van der Waals surface area contributed by atoms with Gasteiger partial charge in [0.25, 0.3) is 0 Å². The molecule has 1 aliphatic carbocycles. The van der Waals surface area contributed by atoms with Gasteiger partial charge in [0, 0.05) is 18.8 Å². The van der Waals surface area contributed by atoms with Crippen LogP contribution in [0.3, 0.4) is 0 Å². The van der Waals surface area contributed by atoms with Gasteiger partial charge in [-0.25, -0.2) is 4.99 Å². The van der Waals surface area contributed by atoms with Gasteiger partial charge in [0.1, 0.15) is 5.66 Å². The van der Waals surface area contributed by atoms with E-state index in [1.807, 2.05) is 11.0 Å². The van der Waals surface area contributed by atoms with Crippen molar-refractivity contribution >= 4 is 34.9 Å². The Hall–Kier alpha value is -1.95. The van der Waals surface area contributed by atoms with Crippen molar-refractivity contribution in [2.45, 2.75) is 63.5 Å². The summed E-state index contributed by atoms with van der Waals surface area (Å²) < 4.78 is 0. The molecule has 0 aromatic heterocycles. The minimum Gasteiger partial charge on any atom is -0.370 e. The molecule has 3 aliphatic rings. The SMILES string of the molecule is NC1=NC2(CCCCC2)N(c2ccc(N3CCCCCC3)c(Cl)c2)C(N)=N1. The van der Waals surface area contributed by atoms with E-state index < -0.39 is 5.66 Å². The van der Waals surface area contributed by atoms with Crippen LogP contribution in [0.25, 0.3) is 0 Å². The van der Waals surface area contributed by atoms with Gasteiger partial charge in [0.2, 0.25) is 11.9 Å². The molecule has 2 fully saturated rings. The summed E-state index contributed by atoms with van der Waals surface area (Å²) in [4.78, 5) is 13.4. The van der Waals surface area contributed by atoms with Gasteiger partial charge >= 0.3 is 0 Å². The van der Waals surface area contributed by atoms with Gasteiger partial charge in [-0.05, 0) is 56.7 Å². The van der Waals surface area contributed by atoms with Crippen molar-refractivity contribution in [3.8, 4) is 0 Å².